The van der Waals surface area contributed by atoms with Gasteiger partial charge in [0, 0.05) is 26.2 Å². The number of carbonyl (C=O) groups is 2. The zero-order valence-electron chi connectivity index (χ0n) is 18.6. The van der Waals surface area contributed by atoms with Gasteiger partial charge in [-0.3, -0.25) is 19.5 Å². The molecule has 1 saturated heterocycles. The van der Waals surface area contributed by atoms with Crippen LogP contribution in [0.5, 0.6) is 5.75 Å². The molecule has 4 rings (SSSR count). The molecule has 1 aliphatic heterocycles. The van der Waals surface area contributed by atoms with Gasteiger partial charge in [0.15, 0.2) is 5.96 Å². The number of imide groups is 1. The highest BCUT2D eigenvalue weighted by Crippen LogP contribution is 2.52. The number of fused-ring (bicyclic) bond motifs is 5. The van der Waals surface area contributed by atoms with Gasteiger partial charge in [-0.1, -0.05) is 24.3 Å². The number of allylic oxidation sites excluding steroid dienone is 2. The maximum Gasteiger partial charge on any atom is 0.233 e. The predicted octanol–water partition coefficient (Wildman–Crippen LogP) is 1.91. The Bertz CT molecular complexity index is 880. The molecule has 1 aromatic carbocycles. The molecule has 31 heavy (non-hydrogen) atoms. The van der Waals surface area contributed by atoms with Crippen molar-refractivity contribution in [2.45, 2.75) is 26.7 Å². The number of likely N-dealkylation sites (tertiary alicyclic amines) is 1. The minimum absolute atomic E-state index is 0.00362. The number of hydrogen-bond donors (Lipinski definition) is 2. The van der Waals surface area contributed by atoms with Gasteiger partial charge in [0.2, 0.25) is 11.8 Å². The molecule has 1 saturated carbocycles. The van der Waals surface area contributed by atoms with Crippen LogP contribution in [-0.2, 0) is 16.0 Å². The molecule has 7 heteroatoms. The molecule has 166 valence electrons. The van der Waals surface area contributed by atoms with E-state index < -0.39 is 0 Å². The van der Waals surface area contributed by atoms with Crippen molar-refractivity contribution >= 4 is 17.8 Å². The van der Waals surface area contributed by atoms with Gasteiger partial charge in [-0.2, -0.15) is 0 Å². The highest BCUT2D eigenvalue weighted by molar-refractivity contribution is 6.06. The Morgan fingerprint density at radius 3 is 2.52 bits per heavy atom. The second-order valence-corrected chi connectivity index (χ2v) is 8.57. The van der Waals surface area contributed by atoms with E-state index >= 15 is 0 Å². The van der Waals surface area contributed by atoms with Gasteiger partial charge in [-0.25, -0.2) is 0 Å². The second kappa shape index (κ2) is 9.12. The summed E-state index contributed by atoms with van der Waals surface area (Å²) >= 11 is 0. The van der Waals surface area contributed by atoms with Crippen LogP contribution >= 0.6 is 0 Å². The highest BCUT2D eigenvalue weighted by atomic mass is 16.5. The lowest BCUT2D eigenvalue weighted by Crippen LogP contribution is -2.43. The molecule has 7 nitrogen and oxygen atoms in total. The summed E-state index contributed by atoms with van der Waals surface area (Å²) in [6.07, 6.45) is 6.01. The largest absolute Gasteiger partial charge is 0.496 e. The monoisotopic (exact) mass is 424 g/mol. The summed E-state index contributed by atoms with van der Waals surface area (Å²) in [6, 6.07) is 6.20. The van der Waals surface area contributed by atoms with Crippen molar-refractivity contribution in [3.63, 3.8) is 0 Å². The lowest BCUT2D eigenvalue weighted by molar-refractivity contribution is -0.140. The van der Waals surface area contributed by atoms with E-state index in [1.165, 1.54) is 10.5 Å². The molecule has 4 atom stereocenters. The van der Waals surface area contributed by atoms with Gasteiger partial charge in [0.05, 0.1) is 18.9 Å². The minimum atomic E-state index is -0.129. The fraction of sp³-hybridized carbons (Fsp3) is 0.542. The Labute approximate surface area is 183 Å². The van der Waals surface area contributed by atoms with E-state index in [1.807, 2.05) is 13.8 Å². The zero-order chi connectivity index (χ0) is 22.0. The third kappa shape index (κ3) is 4.18. The van der Waals surface area contributed by atoms with Crippen LogP contribution in [0.3, 0.4) is 0 Å². The number of amides is 2. The average molecular weight is 425 g/mol. The lowest BCUT2D eigenvalue weighted by Gasteiger charge is -2.18. The van der Waals surface area contributed by atoms with E-state index in [9.17, 15) is 9.59 Å². The maximum absolute atomic E-state index is 12.8. The van der Waals surface area contributed by atoms with Gasteiger partial charge >= 0.3 is 0 Å². The molecular weight excluding hydrogens is 392 g/mol. The van der Waals surface area contributed by atoms with E-state index in [4.69, 9.17) is 4.74 Å². The smallest absolute Gasteiger partial charge is 0.233 e. The topological polar surface area (TPSA) is 83.0 Å². The second-order valence-electron chi connectivity index (χ2n) is 8.57. The average Bonchev–Trinajstić information content (AvgIpc) is 3.44. The first kappa shape index (κ1) is 21.4. The number of methoxy groups -OCH3 is 1. The highest BCUT2D eigenvalue weighted by Gasteiger charge is 2.58. The molecule has 2 bridgehead atoms. The number of rotatable bonds is 8. The summed E-state index contributed by atoms with van der Waals surface area (Å²) in [4.78, 5) is 31.7. The maximum atomic E-state index is 12.8. The quantitative estimate of drug-likeness (QED) is 0.288. The summed E-state index contributed by atoms with van der Waals surface area (Å²) in [5.41, 5.74) is 2.29. The summed E-state index contributed by atoms with van der Waals surface area (Å²) in [5.74, 6) is 1.84. The van der Waals surface area contributed by atoms with Crippen molar-refractivity contribution in [3.05, 3.63) is 41.5 Å². The lowest BCUT2D eigenvalue weighted by atomic mass is 9.85. The van der Waals surface area contributed by atoms with Gasteiger partial charge in [-0.15, -0.1) is 0 Å². The van der Waals surface area contributed by atoms with Crippen molar-refractivity contribution in [2.24, 2.45) is 28.7 Å². The number of aliphatic imine (C=N–C) groups is 1. The fourth-order valence-electron chi connectivity index (χ4n) is 5.13. The normalized spacial score (nSPS) is 26.5. The van der Waals surface area contributed by atoms with Gasteiger partial charge in [-0.05, 0) is 55.7 Å². The minimum Gasteiger partial charge on any atom is -0.496 e. The third-order valence-corrected chi connectivity index (χ3v) is 6.68. The van der Waals surface area contributed by atoms with Gasteiger partial charge < -0.3 is 15.4 Å². The summed E-state index contributed by atoms with van der Waals surface area (Å²) in [7, 11) is 1.68. The third-order valence-electron chi connectivity index (χ3n) is 6.68. The molecule has 2 N–H and O–H groups in total. The van der Waals surface area contributed by atoms with E-state index in [0.29, 0.717) is 25.6 Å². The Kier molecular flexibility index (Phi) is 6.30. The summed E-state index contributed by atoms with van der Waals surface area (Å²) in [6.45, 7) is 6.28. The number of ether oxygens (including phenoxy) is 1. The zero-order valence-corrected chi connectivity index (χ0v) is 18.6. The van der Waals surface area contributed by atoms with Crippen molar-refractivity contribution in [1.82, 2.24) is 15.5 Å². The Morgan fingerprint density at radius 1 is 1.16 bits per heavy atom. The van der Waals surface area contributed by atoms with Crippen molar-refractivity contribution in [1.29, 1.82) is 0 Å². The van der Waals surface area contributed by atoms with Crippen molar-refractivity contribution in [3.8, 4) is 5.75 Å². The molecule has 1 aromatic rings. The van der Waals surface area contributed by atoms with Crippen LogP contribution in [0, 0.1) is 30.6 Å². The van der Waals surface area contributed by atoms with E-state index in [-0.39, 0.29) is 35.5 Å². The number of aryl methyl sites for hydroxylation is 1. The van der Waals surface area contributed by atoms with Crippen molar-refractivity contribution < 1.29 is 14.3 Å². The van der Waals surface area contributed by atoms with Gasteiger partial charge in [0.25, 0.3) is 0 Å². The first-order valence-corrected chi connectivity index (χ1v) is 11.2. The molecule has 2 amide bonds. The molecule has 0 aromatic heterocycles. The van der Waals surface area contributed by atoms with Crippen LogP contribution in [0.15, 0.2) is 35.3 Å². The van der Waals surface area contributed by atoms with Crippen LogP contribution in [0.2, 0.25) is 0 Å². The molecule has 0 spiro atoms. The SMILES string of the molecule is CCNC(=NCCc1ccc(C)c(OC)c1)NCCN1C(=O)C2C3C=CC(C3)C2C1=O. The Morgan fingerprint density at radius 2 is 1.87 bits per heavy atom. The molecule has 3 aliphatic rings. The van der Waals surface area contributed by atoms with Crippen molar-refractivity contribution in [2.75, 3.05) is 33.3 Å². The van der Waals surface area contributed by atoms with Crippen LogP contribution in [0.25, 0.3) is 0 Å². The van der Waals surface area contributed by atoms with Crippen LogP contribution < -0.4 is 15.4 Å². The molecule has 2 fully saturated rings. The number of guanidine groups is 1. The van der Waals surface area contributed by atoms with E-state index in [2.05, 4.69) is 46.0 Å². The van der Waals surface area contributed by atoms with E-state index in [1.54, 1.807) is 7.11 Å². The number of nitrogens with zero attached hydrogens (tertiary/aromatic N) is 2. The molecule has 4 unspecified atom stereocenters. The van der Waals surface area contributed by atoms with Crippen LogP contribution in [0.1, 0.15) is 24.5 Å². The fourth-order valence-corrected chi connectivity index (χ4v) is 5.13. The van der Waals surface area contributed by atoms with Gasteiger partial charge in [0.1, 0.15) is 5.75 Å². The number of hydrogen-bond acceptors (Lipinski definition) is 4. The standard InChI is InChI=1S/C24H32N4O3/c1-4-25-24(26-10-9-16-6-5-15(2)19(13-16)31-3)27-11-12-28-22(29)20-17-7-8-18(14-17)21(20)23(28)30/h5-8,13,17-18,20-21H,4,9-12,14H2,1-3H3,(H2,25,26,27). The molecule has 1 heterocycles. The number of benzene rings is 1. The van der Waals surface area contributed by atoms with E-state index in [0.717, 1.165) is 30.7 Å². The molecule has 2 aliphatic carbocycles. The number of carbonyl (C=O) groups excluding carboxylic acids is 2. The number of nitrogens with one attached hydrogen (secondary N) is 2. The Balaban J connectivity index is 1.29. The summed E-state index contributed by atoms with van der Waals surface area (Å²) < 4.78 is 5.39. The first-order valence-electron chi connectivity index (χ1n) is 11.2. The Hall–Kier alpha value is -2.83. The summed E-state index contributed by atoms with van der Waals surface area (Å²) in [5, 5.41) is 6.49. The molecular formula is C24H32N4O3. The van der Waals surface area contributed by atoms with Crippen LogP contribution in [0.4, 0.5) is 0 Å². The predicted molar refractivity (Wildman–Crippen MR) is 120 cm³/mol. The molecule has 0 radical (unpaired) electrons. The first-order chi connectivity index (χ1) is 15.0. The van der Waals surface area contributed by atoms with Crippen LogP contribution in [-0.4, -0.2) is 56.0 Å².